The summed E-state index contributed by atoms with van der Waals surface area (Å²) >= 11 is 8.87. The van der Waals surface area contributed by atoms with Gasteiger partial charge in [0.05, 0.1) is 23.6 Å². The molecule has 0 saturated carbocycles. The number of aliphatic hydroxyl groups excluding tert-OH is 1. The van der Waals surface area contributed by atoms with Gasteiger partial charge in [0.15, 0.2) is 0 Å². The Kier molecular flexibility index (Phi) is 4.03. The number of aliphatic hydroxyl groups is 1. The lowest BCUT2D eigenvalue weighted by atomic mass is 10.1. The van der Waals surface area contributed by atoms with Gasteiger partial charge in [-0.15, -0.1) is 11.6 Å². The molecule has 0 aliphatic rings. The summed E-state index contributed by atoms with van der Waals surface area (Å²) in [6.45, 7) is 0. The number of benzene rings is 1. The van der Waals surface area contributed by atoms with Crippen molar-refractivity contribution in [3.05, 3.63) is 28.2 Å². The molecule has 1 aromatic rings. The van der Waals surface area contributed by atoms with Gasteiger partial charge in [-0.25, -0.2) is 0 Å². The molecule has 0 fully saturated rings. The number of para-hydroxylation sites is 1. The lowest BCUT2D eigenvalue weighted by molar-refractivity contribution is 0.197. The minimum absolute atomic E-state index is 0.160. The van der Waals surface area contributed by atoms with Gasteiger partial charge in [0.2, 0.25) is 0 Å². The number of ether oxygens (including phenoxy) is 1. The molecule has 0 aromatic heterocycles. The van der Waals surface area contributed by atoms with E-state index in [-0.39, 0.29) is 5.88 Å². The minimum atomic E-state index is -0.686. The summed E-state index contributed by atoms with van der Waals surface area (Å²) in [6.07, 6.45) is -0.686. The van der Waals surface area contributed by atoms with Crippen molar-refractivity contribution in [1.29, 1.82) is 0 Å². The highest BCUT2D eigenvalue weighted by molar-refractivity contribution is 9.10. The number of methoxy groups -OCH3 is 1. The zero-order valence-corrected chi connectivity index (χ0v) is 9.47. The second-order valence-corrected chi connectivity index (χ2v) is 3.70. The largest absolute Gasteiger partial charge is 0.495 e. The van der Waals surface area contributed by atoms with E-state index in [1.807, 2.05) is 12.1 Å². The summed E-state index contributed by atoms with van der Waals surface area (Å²) < 4.78 is 5.95. The van der Waals surface area contributed by atoms with Crippen LogP contribution in [0.25, 0.3) is 0 Å². The normalized spacial score (nSPS) is 12.6. The summed E-state index contributed by atoms with van der Waals surface area (Å²) in [5.41, 5.74) is 0.701. The van der Waals surface area contributed by atoms with Crippen LogP contribution in [0.15, 0.2) is 22.7 Å². The lowest BCUT2D eigenvalue weighted by Crippen LogP contribution is -2.01. The first-order valence-electron chi connectivity index (χ1n) is 3.77. The molecule has 0 heterocycles. The Bertz CT molecular complexity index is 291. The fraction of sp³-hybridized carbons (Fsp3) is 0.333. The Labute approximate surface area is 90.6 Å². The predicted octanol–water partition coefficient (Wildman–Crippen LogP) is 2.73. The van der Waals surface area contributed by atoms with Crippen LogP contribution in [0.3, 0.4) is 0 Å². The van der Waals surface area contributed by atoms with E-state index in [0.717, 1.165) is 4.47 Å². The quantitative estimate of drug-likeness (QED) is 0.852. The molecule has 1 rings (SSSR count). The number of hydrogen-bond donors (Lipinski definition) is 1. The van der Waals surface area contributed by atoms with Crippen molar-refractivity contribution < 1.29 is 9.84 Å². The third-order valence-corrected chi connectivity index (χ3v) is 2.62. The monoisotopic (exact) mass is 264 g/mol. The highest BCUT2D eigenvalue weighted by Crippen LogP contribution is 2.32. The first-order chi connectivity index (χ1) is 6.20. The summed E-state index contributed by atoms with van der Waals surface area (Å²) in [4.78, 5) is 0. The fourth-order valence-electron chi connectivity index (χ4n) is 1.09. The Balaban J connectivity index is 3.12. The number of hydrogen-bond acceptors (Lipinski definition) is 2. The maximum Gasteiger partial charge on any atom is 0.138 e. The Morgan fingerprint density at radius 2 is 2.31 bits per heavy atom. The highest BCUT2D eigenvalue weighted by atomic mass is 79.9. The Hall–Kier alpha value is -0.250. The van der Waals surface area contributed by atoms with E-state index in [2.05, 4.69) is 15.9 Å². The van der Waals surface area contributed by atoms with Crippen molar-refractivity contribution in [2.75, 3.05) is 13.0 Å². The van der Waals surface area contributed by atoms with Gasteiger partial charge in [-0.1, -0.05) is 12.1 Å². The molecular formula is C9H10BrClO2. The van der Waals surface area contributed by atoms with E-state index < -0.39 is 6.10 Å². The standard InChI is InChI=1S/C9H10BrClO2/c1-13-9-6(8(12)5-11)3-2-4-7(9)10/h2-4,8,12H,5H2,1H3/t8-/m1/s1. The van der Waals surface area contributed by atoms with Crippen molar-refractivity contribution in [3.8, 4) is 5.75 Å². The minimum Gasteiger partial charge on any atom is -0.495 e. The molecule has 72 valence electrons. The molecule has 1 atom stereocenters. The predicted molar refractivity (Wildman–Crippen MR) is 56.4 cm³/mol. The van der Waals surface area contributed by atoms with Crippen molar-refractivity contribution in [2.24, 2.45) is 0 Å². The van der Waals surface area contributed by atoms with Gasteiger partial charge in [-0.05, 0) is 22.0 Å². The van der Waals surface area contributed by atoms with E-state index in [0.29, 0.717) is 11.3 Å². The van der Waals surface area contributed by atoms with Gasteiger partial charge < -0.3 is 9.84 Å². The molecule has 0 amide bonds. The summed E-state index contributed by atoms with van der Waals surface area (Å²) in [6, 6.07) is 5.47. The van der Waals surface area contributed by atoms with Crippen LogP contribution in [0, 0.1) is 0 Å². The van der Waals surface area contributed by atoms with Crippen LogP contribution in [0.4, 0.5) is 0 Å². The lowest BCUT2D eigenvalue weighted by Gasteiger charge is -2.13. The van der Waals surface area contributed by atoms with Crippen molar-refractivity contribution >= 4 is 27.5 Å². The van der Waals surface area contributed by atoms with E-state index >= 15 is 0 Å². The van der Waals surface area contributed by atoms with Crippen LogP contribution in [0.2, 0.25) is 0 Å². The molecule has 0 spiro atoms. The SMILES string of the molecule is COc1c(Br)cccc1[C@H](O)CCl. The molecule has 0 aliphatic heterocycles. The molecule has 13 heavy (non-hydrogen) atoms. The molecule has 0 radical (unpaired) electrons. The van der Waals surface area contributed by atoms with E-state index in [1.54, 1.807) is 13.2 Å². The van der Waals surface area contributed by atoms with E-state index in [9.17, 15) is 5.11 Å². The summed E-state index contributed by atoms with van der Waals surface area (Å²) in [5.74, 6) is 0.794. The van der Waals surface area contributed by atoms with E-state index in [1.165, 1.54) is 0 Å². The molecule has 1 aromatic carbocycles. The molecule has 1 N–H and O–H groups in total. The average Bonchev–Trinajstić information content (AvgIpc) is 2.16. The summed E-state index contributed by atoms with van der Waals surface area (Å²) in [5, 5.41) is 9.53. The molecule has 0 saturated heterocycles. The second kappa shape index (κ2) is 4.84. The Morgan fingerprint density at radius 3 is 2.85 bits per heavy atom. The molecule has 0 bridgehead atoms. The third kappa shape index (κ3) is 2.36. The first-order valence-corrected chi connectivity index (χ1v) is 5.10. The smallest absolute Gasteiger partial charge is 0.138 e. The maximum atomic E-state index is 9.53. The van der Waals surface area contributed by atoms with Crippen molar-refractivity contribution in [1.82, 2.24) is 0 Å². The van der Waals surface area contributed by atoms with Gasteiger partial charge in [0, 0.05) is 5.56 Å². The molecule has 0 aliphatic carbocycles. The van der Waals surface area contributed by atoms with Gasteiger partial charge in [0.25, 0.3) is 0 Å². The van der Waals surface area contributed by atoms with Crippen LogP contribution in [0.1, 0.15) is 11.7 Å². The summed E-state index contributed by atoms with van der Waals surface area (Å²) in [7, 11) is 1.56. The topological polar surface area (TPSA) is 29.5 Å². The third-order valence-electron chi connectivity index (χ3n) is 1.71. The average molecular weight is 266 g/mol. The zero-order valence-electron chi connectivity index (χ0n) is 7.13. The first kappa shape index (κ1) is 10.8. The Morgan fingerprint density at radius 1 is 1.62 bits per heavy atom. The van der Waals surface area contributed by atoms with Crippen molar-refractivity contribution in [3.63, 3.8) is 0 Å². The number of alkyl halides is 1. The molecule has 0 unspecified atom stereocenters. The second-order valence-electron chi connectivity index (χ2n) is 2.53. The van der Waals surface area contributed by atoms with Gasteiger partial charge >= 0.3 is 0 Å². The number of halogens is 2. The van der Waals surface area contributed by atoms with Crippen LogP contribution in [-0.2, 0) is 0 Å². The van der Waals surface area contributed by atoms with Crippen LogP contribution < -0.4 is 4.74 Å². The van der Waals surface area contributed by atoms with Gasteiger partial charge in [-0.2, -0.15) is 0 Å². The van der Waals surface area contributed by atoms with Crippen LogP contribution in [0.5, 0.6) is 5.75 Å². The highest BCUT2D eigenvalue weighted by Gasteiger charge is 2.13. The zero-order chi connectivity index (χ0) is 9.84. The molecule has 2 nitrogen and oxygen atoms in total. The van der Waals surface area contributed by atoms with Gasteiger partial charge in [-0.3, -0.25) is 0 Å². The van der Waals surface area contributed by atoms with Crippen LogP contribution >= 0.6 is 27.5 Å². The van der Waals surface area contributed by atoms with Crippen molar-refractivity contribution in [2.45, 2.75) is 6.10 Å². The van der Waals surface area contributed by atoms with E-state index in [4.69, 9.17) is 16.3 Å². The maximum absolute atomic E-state index is 9.53. The molecular weight excluding hydrogens is 255 g/mol. The van der Waals surface area contributed by atoms with Gasteiger partial charge in [0.1, 0.15) is 5.75 Å². The molecule has 4 heteroatoms. The number of rotatable bonds is 3. The fourth-order valence-corrected chi connectivity index (χ4v) is 1.80. The van der Waals surface area contributed by atoms with Crippen LogP contribution in [-0.4, -0.2) is 18.1 Å².